The average Bonchev–Trinajstić information content (AvgIpc) is 3.34. The summed E-state index contributed by atoms with van der Waals surface area (Å²) < 4.78 is 6.51. The van der Waals surface area contributed by atoms with Gasteiger partial charge < -0.3 is 15.0 Å². The minimum Gasteiger partial charge on any atom is -0.376 e. The van der Waals surface area contributed by atoms with Crippen LogP contribution < -0.4 is 15.8 Å². The molecule has 1 fully saturated rings. The second-order valence-electron chi connectivity index (χ2n) is 7.51. The molecule has 1 aromatic carbocycles. The second kappa shape index (κ2) is 8.16. The quantitative estimate of drug-likeness (QED) is 0.818. The predicted molar refractivity (Wildman–Crippen MR) is 107 cm³/mol. The minimum absolute atomic E-state index is 0.00297. The predicted octanol–water partition coefficient (Wildman–Crippen LogP) is 1.13. The van der Waals surface area contributed by atoms with Gasteiger partial charge in [-0.2, -0.15) is 5.10 Å². The van der Waals surface area contributed by atoms with Crippen molar-refractivity contribution in [3.8, 4) is 0 Å². The molecule has 1 aromatic heterocycles. The zero-order valence-electron chi connectivity index (χ0n) is 16.3. The van der Waals surface area contributed by atoms with Gasteiger partial charge in [-0.3, -0.25) is 14.4 Å². The Morgan fingerprint density at radius 2 is 2.07 bits per heavy atom. The van der Waals surface area contributed by atoms with E-state index in [9.17, 15) is 14.4 Å². The molecule has 2 amide bonds. The fourth-order valence-corrected chi connectivity index (χ4v) is 3.90. The third-order valence-corrected chi connectivity index (χ3v) is 5.36. The van der Waals surface area contributed by atoms with Crippen molar-refractivity contribution in [3.63, 3.8) is 0 Å². The van der Waals surface area contributed by atoms with Gasteiger partial charge in [0.1, 0.15) is 12.2 Å². The number of hydrogen-bond donors (Lipinski definition) is 1. The van der Waals surface area contributed by atoms with E-state index in [1.807, 2.05) is 31.2 Å². The van der Waals surface area contributed by atoms with Gasteiger partial charge in [0, 0.05) is 30.9 Å². The Kier molecular flexibility index (Phi) is 5.44. The smallest absolute Gasteiger partial charge is 0.278 e. The largest absolute Gasteiger partial charge is 0.376 e. The summed E-state index contributed by atoms with van der Waals surface area (Å²) in [5, 5.41) is 6.93. The second-order valence-corrected chi connectivity index (χ2v) is 7.51. The summed E-state index contributed by atoms with van der Waals surface area (Å²) in [5.74, 6) is -0.615. The third-order valence-electron chi connectivity index (χ3n) is 5.36. The lowest BCUT2D eigenvalue weighted by atomic mass is 10.1. The van der Waals surface area contributed by atoms with Gasteiger partial charge in [-0.25, -0.2) is 4.68 Å². The lowest BCUT2D eigenvalue weighted by Gasteiger charge is -2.22. The van der Waals surface area contributed by atoms with Gasteiger partial charge >= 0.3 is 0 Å². The van der Waals surface area contributed by atoms with Gasteiger partial charge in [0.15, 0.2) is 0 Å². The van der Waals surface area contributed by atoms with Crippen LogP contribution >= 0.6 is 0 Å². The molecule has 3 heterocycles. The SMILES string of the molecule is C[C@H]1Cc2ccccc2N1C(=O)c1ccc(=O)n(CC(=O)NC[C@H]2CCCO2)n1. The molecule has 8 nitrogen and oxygen atoms in total. The van der Waals surface area contributed by atoms with E-state index in [1.54, 1.807) is 4.90 Å². The normalized spacial score (nSPS) is 20.5. The number of ether oxygens (including phenoxy) is 1. The van der Waals surface area contributed by atoms with Crippen LogP contribution in [-0.2, 0) is 22.5 Å². The van der Waals surface area contributed by atoms with E-state index in [4.69, 9.17) is 4.74 Å². The first-order chi connectivity index (χ1) is 14.0. The standard InChI is InChI=1S/C21H24N4O4/c1-14-11-15-5-2-3-7-18(15)25(14)21(28)17-8-9-20(27)24(23-17)13-19(26)22-12-16-6-4-10-29-16/h2-3,5,7-9,14,16H,4,6,10-13H2,1H3,(H,22,26)/t14-,16+/m0/s1. The van der Waals surface area contributed by atoms with Crippen molar-refractivity contribution in [2.75, 3.05) is 18.1 Å². The van der Waals surface area contributed by atoms with Crippen molar-refractivity contribution < 1.29 is 14.3 Å². The molecule has 0 aliphatic carbocycles. The van der Waals surface area contributed by atoms with Gasteiger partial charge in [0.2, 0.25) is 5.91 Å². The maximum absolute atomic E-state index is 13.1. The number of nitrogens with zero attached hydrogens (tertiary/aromatic N) is 3. The zero-order valence-corrected chi connectivity index (χ0v) is 16.3. The number of aromatic nitrogens is 2. The maximum atomic E-state index is 13.1. The highest BCUT2D eigenvalue weighted by atomic mass is 16.5. The van der Waals surface area contributed by atoms with Crippen LogP contribution in [0.2, 0.25) is 0 Å². The molecule has 0 unspecified atom stereocenters. The molecule has 2 atom stereocenters. The molecule has 4 rings (SSSR count). The van der Waals surface area contributed by atoms with Crippen LogP contribution in [-0.4, -0.2) is 46.9 Å². The molecule has 152 valence electrons. The summed E-state index contributed by atoms with van der Waals surface area (Å²) in [6.45, 7) is 2.86. The van der Waals surface area contributed by atoms with E-state index in [0.29, 0.717) is 13.2 Å². The fraction of sp³-hybridized carbons (Fsp3) is 0.429. The Balaban J connectivity index is 1.48. The first-order valence-electron chi connectivity index (χ1n) is 9.91. The Labute approximate surface area is 168 Å². The Morgan fingerprint density at radius 1 is 1.24 bits per heavy atom. The highest BCUT2D eigenvalue weighted by Gasteiger charge is 2.32. The van der Waals surface area contributed by atoms with E-state index < -0.39 is 5.56 Å². The number of rotatable bonds is 5. The molecule has 0 spiro atoms. The molecule has 0 saturated carbocycles. The van der Waals surface area contributed by atoms with Crippen LogP contribution in [0.4, 0.5) is 5.69 Å². The lowest BCUT2D eigenvalue weighted by Crippen LogP contribution is -2.40. The fourth-order valence-electron chi connectivity index (χ4n) is 3.90. The van der Waals surface area contributed by atoms with Crippen molar-refractivity contribution in [2.45, 2.75) is 44.9 Å². The van der Waals surface area contributed by atoms with E-state index >= 15 is 0 Å². The molecule has 0 radical (unpaired) electrons. The molecule has 8 heteroatoms. The van der Waals surface area contributed by atoms with Gasteiger partial charge in [0.05, 0.1) is 6.10 Å². The van der Waals surface area contributed by atoms with Gasteiger partial charge in [-0.05, 0) is 43.9 Å². The molecule has 1 N–H and O–H groups in total. The summed E-state index contributed by atoms with van der Waals surface area (Å²) in [6, 6.07) is 10.4. The van der Waals surface area contributed by atoms with E-state index in [1.165, 1.54) is 12.1 Å². The van der Waals surface area contributed by atoms with E-state index in [2.05, 4.69) is 10.4 Å². The van der Waals surface area contributed by atoms with E-state index in [-0.39, 0.29) is 36.2 Å². The van der Waals surface area contributed by atoms with Crippen molar-refractivity contribution in [1.29, 1.82) is 0 Å². The number of benzene rings is 1. The maximum Gasteiger partial charge on any atom is 0.278 e. The van der Waals surface area contributed by atoms with Crippen LogP contribution in [0.3, 0.4) is 0 Å². The first kappa shape index (κ1) is 19.3. The van der Waals surface area contributed by atoms with Crippen molar-refractivity contribution >= 4 is 17.5 Å². The van der Waals surface area contributed by atoms with Crippen LogP contribution in [0.1, 0.15) is 35.8 Å². The van der Waals surface area contributed by atoms with Crippen molar-refractivity contribution in [2.24, 2.45) is 0 Å². The topological polar surface area (TPSA) is 93.5 Å². The molecular formula is C21H24N4O4. The molecule has 2 aliphatic rings. The Hall–Kier alpha value is -3.00. The third kappa shape index (κ3) is 4.07. The van der Waals surface area contributed by atoms with Crippen molar-refractivity contribution in [3.05, 3.63) is 58.0 Å². The molecule has 2 aliphatic heterocycles. The lowest BCUT2D eigenvalue weighted by molar-refractivity contribution is -0.122. The monoisotopic (exact) mass is 396 g/mol. The van der Waals surface area contributed by atoms with Crippen LogP contribution in [0.25, 0.3) is 0 Å². The number of para-hydroxylation sites is 1. The highest BCUT2D eigenvalue weighted by Crippen LogP contribution is 2.32. The number of hydrogen-bond acceptors (Lipinski definition) is 5. The Morgan fingerprint density at radius 3 is 2.86 bits per heavy atom. The molecule has 0 bridgehead atoms. The zero-order chi connectivity index (χ0) is 20.4. The number of amides is 2. The summed E-state index contributed by atoms with van der Waals surface area (Å²) in [6.07, 6.45) is 2.70. The summed E-state index contributed by atoms with van der Waals surface area (Å²) in [7, 11) is 0. The average molecular weight is 396 g/mol. The van der Waals surface area contributed by atoms with Gasteiger partial charge in [-0.15, -0.1) is 0 Å². The summed E-state index contributed by atoms with van der Waals surface area (Å²) in [4.78, 5) is 39.2. The Bertz CT molecular complexity index is 981. The molecular weight excluding hydrogens is 372 g/mol. The van der Waals surface area contributed by atoms with Crippen LogP contribution in [0, 0.1) is 0 Å². The highest BCUT2D eigenvalue weighted by molar-refractivity contribution is 6.06. The summed E-state index contributed by atoms with van der Waals surface area (Å²) >= 11 is 0. The molecule has 2 aromatic rings. The number of carbonyl (C=O) groups is 2. The number of carbonyl (C=O) groups excluding carboxylic acids is 2. The summed E-state index contributed by atoms with van der Waals surface area (Å²) in [5.41, 5.74) is 1.68. The van der Waals surface area contributed by atoms with Crippen LogP contribution in [0.5, 0.6) is 0 Å². The van der Waals surface area contributed by atoms with E-state index in [0.717, 1.165) is 35.2 Å². The minimum atomic E-state index is -0.427. The van der Waals surface area contributed by atoms with Gasteiger partial charge in [0.25, 0.3) is 11.5 Å². The van der Waals surface area contributed by atoms with Crippen LogP contribution in [0.15, 0.2) is 41.2 Å². The number of anilines is 1. The van der Waals surface area contributed by atoms with Gasteiger partial charge in [-0.1, -0.05) is 18.2 Å². The first-order valence-corrected chi connectivity index (χ1v) is 9.91. The molecule has 1 saturated heterocycles. The number of nitrogens with one attached hydrogen (secondary N) is 1. The van der Waals surface area contributed by atoms with Crippen molar-refractivity contribution in [1.82, 2.24) is 15.1 Å². The number of fused-ring (bicyclic) bond motifs is 1. The molecule has 29 heavy (non-hydrogen) atoms.